The molecule has 31 heavy (non-hydrogen) atoms. The molecule has 162 valence electrons. The topological polar surface area (TPSA) is 75.9 Å². The first-order valence-corrected chi connectivity index (χ1v) is 11.5. The predicted octanol–water partition coefficient (Wildman–Crippen LogP) is 3.62. The van der Waals surface area contributed by atoms with E-state index < -0.39 is 6.04 Å². The normalized spacial score (nSPS) is 15.5. The number of hydrogen-bond acceptors (Lipinski definition) is 5. The molecule has 1 aromatic carbocycles. The third-order valence-electron chi connectivity index (χ3n) is 5.51. The lowest BCUT2D eigenvalue weighted by molar-refractivity contribution is -0.127. The van der Waals surface area contributed by atoms with Crippen molar-refractivity contribution in [1.82, 2.24) is 29.7 Å². The fourth-order valence-electron chi connectivity index (χ4n) is 3.95. The van der Waals surface area contributed by atoms with Gasteiger partial charge in [-0.15, -0.1) is 0 Å². The highest BCUT2D eigenvalue weighted by Gasteiger charge is 2.30. The summed E-state index contributed by atoms with van der Waals surface area (Å²) in [5, 5.41) is 3.14. The fraction of sp³-hybridized carbons (Fsp3) is 0.391. The number of nitrogens with one attached hydrogen (secondary N) is 1. The van der Waals surface area contributed by atoms with Gasteiger partial charge >= 0.3 is 0 Å². The lowest BCUT2D eigenvalue weighted by atomic mass is 10.0. The summed E-state index contributed by atoms with van der Waals surface area (Å²) in [6, 6.07) is 9.69. The van der Waals surface area contributed by atoms with E-state index in [9.17, 15) is 4.79 Å². The Bertz CT molecular complexity index is 999. The number of imidazole rings is 1. The maximum atomic E-state index is 13.4. The molecular formula is C23H27BrN6O. The van der Waals surface area contributed by atoms with Gasteiger partial charge in [0.25, 0.3) is 0 Å². The van der Waals surface area contributed by atoms with Gasteiger partial charge in [-0.05, 0) is 63.0 Å². The number of benzene rings is 1. The highest BCUT2D eigenvalue weighted by atomic mass is 79.9. The molecule has 1 fully saturated rings. The van der Waals surface area contributed by atoms with Crippen molar-refractivity contribution in [3.05, 3.63) is 70.5 Å². The first-order chi connectivity index (χ1) is 15.1. The highest BCUT2D eigenvalue weighted by Crippen LogP contribution is 2.25. The van der Waals surface area contributed by atoms with Crippen molar-refractivity contribution >= 4 is 21.8 Å². The Morgan fingerprint density at radius 3 is 2.65 bits per heavy atom. The van der Waals surface area contributed by atoms with Crippen LogP contribution in [0.3, 0.4) is 0 Å². The number of carbonyl (C=O) groups excluding carboxylic acids is 1. The summed E-state index contributed by atoms with van der Waals surface area (Å²) in [5.41, 5.74) is 2.76. The van der Waals surface area contributed by atoms with Crippen LogP contribution in [0, 0.1) is 6.92 Å². The number of halogens is 1. The lowest BCUT2D eigenvalue weighted by Crippen LogP contribution is -2.44. The van der Waals surface area contributed by atoms with Gasteiger partial charge in [0.2, 0.25) is 11.9 Å². The first kappa shape index (κ1) is 21.6. The van der Waals surface area contributed by atoms with Crippen molar-refractivity contribution in [2.75, 3.05) is 19.6 Å². The van der Waals surface area contributed by atoms with E-state index in [1.165, 1.54) is 12.0 Å². The molecule has 1 saturated heterocycles. The van der Waals surface area contributed by atoms with E-state index in [1.54, 1.807) is 17.1 Å². The summed E-state index contributed by atoms with van der Waals surface area (Å²) < 4.78 is 2.83. The van der Waals surface area contributed by atoms with Crippen molar-refractivity contribution in [3.8, 4) is 5.95 Å². The van der Waals surface area contributed by atoms with E-state index in [1.807, 2.05) is 31.3 Å². The van der Waals surface area contributed by atoms with Crippen molar-refractivity contribution in [2.24, 2.45) is 0 Å². The molecule has 1 atom stereocenters. The molecule has 2 aromatic heterocycles. The van der Waals surface area contributed by atoms with E-state index in [0.717, 1.165) is 48.2 Å². The molecule has 1 aliphatic rings. The Balaban J connectivity index is 1.54. The highest BCUT2D eigenvalue weighted by molar-refractivity contribution is 9.10. The summed E-state index contributed by atoms with van der Waals surface area (Å²) >= 11 is 3.46. The number of aryl methyl sites for hydroxylation is 1. The monoisotopic (exact) mass is 482 g/mol. The predicted molar refractivity (Wildman–Crippen MR) is 123 cm³/mol. The third-order valence-corrected chi connectivity index (χ3v) is 6.04. The molecule has 1 amide bonds. The maximum absolute atomic E-state index is 13.4. The van der Waals surface area contributed by atoms with Gasteiger partial charge in [-0.25, -0.2) is 15.0 Å². The van der Waals surface area contributed by atoms with Gasteiger partial charge in [0.05, 0.1) is 5.69 Å². The summed E-state index contributed by atoms with van der Waals surface area (Å²) in [7, 11) is 0. The zero-order valence-corrected chi connectivity index (χ0v) is 19.3. The van der Waals surface area contributed by atoms with Gasteiger partial charge in [0.1, 0.15) is 12.4 Å². The average Bonchev–Trinajstić information content (AvgIpc) is 3.31. The van der Waals surface area contributed by atoms with Crippen LogP contribution in [0.2, 0.25) is 0 Å². The SMILES string of the molecule is Cc1cc(C(C(=O)NCCc2ccc(Br)cc2)N2CCCCC2)nc(-n2ccnc2)n1. The minimum Gasteiger partial charge on any atom is -0.354 e. The van der Waals surface area contributed by atoms with Crippen LogP contribution in [0.4, 0.5) is 0 Å². The molecule has 0 bridgehead atoms. The number of aromatic nitrogens is 4. The van der Waals surface area contributed by atoms with Gasteiger partial charge in [0, 0.05) is 29.1 Å². The molecule has 3 heterocycles. The van der Waals surface area contributed by atoms with Crippen LogP contribution < -0.4 is 5.32 Å². The molecule has 3 aromatic rings. The lowest BCUT2D eigenvalue weighted by Gasteiger charge is -2.33. The quantitative estimate of drug-likeness (QED) is 0.556. The Kier molecular flexibility index (Phi) is 7.09. The molecule has 0 spiro atoms. The molecular weight excluding hydrogens is 456 g/mol. The summed E-state index contributed by atoms with van der Waals surface area (Å²) in [4.78, 5) is 29.0. The number of rotatable bonds is 7. The zero-order chi connectivity index (χ0) is 21.6. The number of nitrogens with zero attached hydrogens (tertiary/aromatic N) is 5. The van der Waals surface area contributed by atoms with Crippen molar-refractivity contribution < 1.29 is 4.79 Å². The Morgan fingerprint density at radius 1 is 1.16 bits per heavy atom. The number of hydrogen-bond donors (Lipinski definition) is 1. The van der Waals surface area contributed by atoms with Gasteiger partial charge < -0.3 is 5.32 Å². The minimum absolute atomic E-state index is 0.00584. The molecule has 7 nitrogen and oxygen atoms in total. The minimum atomic E-state index is -0.422. The number of likely N-dealkylation sites (tertiary alicyclic amines) is 1. The Hall–Kier alpha value is -2.58. The van der Waals surface area contributed by atoms with Crippen molar-refractivity contribution in [3.63, 3.8) is 0 Å². The summed E-state index contributed by atoms with van der Waals surface area (Å²) in [6.07, 6.45) is 9.37. The standard InChI is InChI=1S/C23H27BrN6O/c1-17-15-20(28-23(27-17)30-14-11-25-16-30)21(29-12-3-2-4-13-29)22(31)26-10-9-18-5-7-19(24)8-6-18/h5-8,11,14-16,21H,2-4,9-10,12-13H2,1H3,(H,26,31). The number of carbonyl (C=O) groups is 1. The van der Waals surface area contributed by atoms with Crippen molar-refractivity contribution in [2.45, 2.75) is 38.6 Å². The van der Waals surface area contributed by atoms with Crippen molar-refractivity contribution in [1.29, 1.82) is 0 Å². The second kappa shape index (κ2) is 10.2. The molecule has 1 unspecified atom stereocenters. The van der Waals surface area contributed by atoms with Gasteiger partial charge in [-0.1, -0.05) is 34.5 Å². The summed E-state index contributed by atoms with van der Waals surface area (Å²) in [5.74, 6) is 0.533. The maximum Gasteiger partial charge on any atom is 0.243 e. The van der Waals surface area contributed by atoms with E-state index in [2.05, 4.69) is 48.2 Å². The van der Waals surface area contributed by atoms with Gasteiger partial charge in [0.15, 0.2) is 0 Å². The summed E-state index contributed by atoms with van der Waals surface area (Å²) in [6.45, 7) is 4.32. The molecule has 0 radical (unpaired) electrons. The zero-order valence-electron chi connectivity index (χ0n) is 17.7. The second-order valence-electron chi connectivity index (χ2n) is 7.87. The Morgan fingerprint density at radius 2 is 1.94 bits per heavy atom. The molecule has 1 N–H and O–H groups in total. The van der Waals surface area contributed by atoms with E-state index in [4.69, 9.17) is 4.98 Å². The van der Waals surface area contributed by atoms with Crippen LogP contribution in [-0.2, 0) is 11.2 Å². The fourth-order valence-corrected chi connectivity index (χ4v) is 4.22. The van der Waals surface area contributed by atoms with Gasteiger partial charge in [-0.3, -0.25) is 14.3 Å². The molecule has 0 saturated carbocycles. The smallest absolute Gasteiger partial charge is 0.243 e. The van der Waals surface area contributed by atoms with E-state index in [-0.39, 0.29) is 5.91 Å². The average molecular weight is 483 g/mol. The van der Waals surface area contributed by atoms with Crippen LogP contribution in [0.5, 0.6) is 0 Å². The van der Waals surface area contributed by atoms with E-state index >= 15 is 0 Å². The largest absolute Gasteiger partial charge is 0.354 e. The molecule has 4 rings (SSSR count). The van der Waals surface area contributed by atoms with E-state index in [0.29, 0.717) is 12.5 Å². The number of piperidine rings is 1. The molecule has 1 aliphatic heterocycles. The Labute approximate surface area is 191 Å². The van der Waals surface area contributed by atoms with Crippen LogP contribution in [0.1, 0.15) is 42.3 Å². The first-order valence-electron chi connectivity index (χ1n) is 10.7. The van der Waals surface area contributed by atoms with Crippen LogP contribution in [-0.4, -0.2) is 50.0 Å². The van der Waals surface area contributed by atoms with Crippen LogP contribution >= 0.6 is 15.9 Å². The van der Waals surface area contributed by atoms with Crippen LogP contribution in [0.15, 0.2) is 53.5 Å². The molecule has 8 heteroatoms. The molecule has 0 aliphatic carbocycles. The second-order valence-corrected chi connectivity index (χ2v) is 8.79. The third kappa shape index (κ3) is 5.57. The van der Waals surface area contributed by atoms with Gasteiger partial charge in [-0.2, -0.15) is 0 Å². The van der Waals surface area contributed by atoms with Crippen LogP contribution in [0.25, 0.3) is 5.95 Å². The number of amides is 1.